The van der Waals surface area contributed by atoms with Crippen LogP contribution in [0, 0.1) is 0 Å². The molecule has 0 saturated heterocycles. The van der Waals surface area contributed by atoms with Crippen LogP contribution in [0.5, 0.6) is 5.75 Å². The maximum Gasteiger partial charge on any atom is 0.306 e. The zero-order valence-corrected chi connectivity index (χ0v) is 13.9. The predicted octanol–water partition coefficient (Wildman–Crippen LogP) is 2.57. The Hall–Kier alpha value is -2.34. The molecular weight excluding hydrogens is 314 g/mol. The Morgan fingerprint density at radius 2 is 1.48 bits per heavy atom. The van der Waals surface area contributed by atoms with Crippen LogP contribution in [0.1, 0.15) is 18.1 Å². The minimum absolute atomic E-state index is 0.0229. The van der Waals surface area contributed by atoms with E-state index in [1.165, 1.54) is 6.92 Å². The fraction of sp³-hybridized carbons (Fsp3) is 0.235. The van der Waals surface area contributed by atoms with E-state index in [9.17, 15) is 13.2 Å². The van der Waals surface area contributed by atoms with Crippen molar-refractivity contribution in [2.45, 2.75) is 20.0 Å². The van der Waals surface area contributed by atoms with Gasteiger partial charge >= 0.3 is 10.1 Å². The van der Waals surface area contributed by atoms with Crippen molar-refractivity contribution >= 4 is 16.0 Å². The number of hydrogen-bond acceptors (Lipinski definition) is 4. The van der Waals surface area contributed by atoms with E-state index >= 15 is 0 Å². The lowest BCUT2D eigenvalue weighted by Gasteiger charge is -2.21. The number of carbonyl (C=O) groups is 1. The Balaban J connectivity index is 2.07. The number of nitrogens with zero attached hydrogens (tertiary/aromatic N) is 1. The summed E-state index contributed by atoms with van der Waals surface area (Å²) in [4.78, 5) is 13.6. The van der Waals surface area contributed by atoms with Crippen LogP contribution in [-0.2, 0) is 28.0 Å². The topological polar surface area (TPSA) is 63.7 Å². The first-order valence-corrected chi connectivity index (χ1v) is 8.93. The molecule has 0 unspecified atom stereocenters. The number of hydrogen-bond donors (Lipinski definition) is 0. The molecule has 0 fully saturated rings. The highest BCUT2D eigenvalue weighted by molar-refractivity contribution is 7.86. The Morgan fingerprint density at radius 3 is 1.96 bits per heavy atom. The van der Waals surface area contributed by atoms with Crippen molar-refractivity contribution in [3.05, 3.63) is 65.7 Å². The Kier molecular flexibility index (Phi) is 5.39. The smallest absolute Gasteiger partial charge is 0.306 e. The summed E-state index contributed by atoms with van der Waals surface area (Å²) in [5.41, 5.74) is 1.96. The van der Waals surface area contributed by atoms with Gasteiger partial charge in [0.1, 0.15) is 5.75 Å². The van der Waals surface area contributed by atoms with Gasteiger partial charge in [-0.3, -0.25) is 4.79 Å². The first-order chi connectivity index (χ1) is 10.8. The number of benzene rings is 2. The number of amides is 1. The van der Waals surface area contributed by atoms with Crippen LogP contribution in [0.3, 0.4) is 0 Å². The van der Waals surface area contributed by atoms with Crippen LogP contribution < -0.4 is 4.18 Å². The van der Waals surface area contributed by atoms with Crippen LogP contribution in [0.2, 0.25) is 0 Å². The molecule has 0 N–H and O–H groups in total. The van der Waals surface area contributed by atoms with Gasteiger partial charge in [0.05, 0.1) is 6.26 Å². The van der Waals surface area contributed by atoms with Gasteiger partial charge < -0.3 is 9.08 Å². The molecule has 0 bridgehead atoms. The molecule has 0 spiro atoms. The van der Waals surface area contributed by atoms with Crippen molar-refractivity contribution in [3.8, 4) is 5.75 Å². The summed E-state index contributed by atoms with van der Waals surface area (Å²) in [7, 11) is -3.53. The third kappa shape index (κ3) is 5.75. The van der Waals surface area contributed by atoms with Gasteiger partial charge in [0.25, 0.3) is 0 Å². The molecule has 0 atom stereocenters. The summed E-state index contributed by atoms with van der Waals surface area (Å²) in [5.74, 6) is 0.235. The monoisotopic (exact) mass is 333 g/mol. The summed E-state index contributed by atoms with van der Waals surface area (Å²) >= 11 is 0. The second kappa shape index (κ2) is 7.28. The quantitative estimate of drug-likeness (QED) is 0.762. The lowest BCUT2D eigenvalue weighted by atomic mass is 10.1. The molecule has 2 aromatic carbocycles. The van der Waals surface area contributed by atoms with Gasteiger partial charge in [0.2, 0.25) is 5.91 Å². The number of carbonyl (C=O) groups excluding carboxylic acids is 1. The maximum absolute atomic E-state index is 11.8. The molecule has 0 saturated carbocycles. The number of rotatable bonds is 6. The van der Waals surface area contributed by atoms with Crippen molar-refractivity contribution < 1.29 is 17.4 Å². The summed E-state index contributed by atoms with van der Waals surface area (Å²) in [5, 5.41) is 0. The molecule has 0 aliphatic carbocycles. The molecule has 23 heavy (non-hydrogen) atoms. The minimum atomic E-state index is -3.53. The first-order valence-electron chi connectivity index (χ1n) is 7.11. The molecule has 0 aliphatic heterocycles. The molecular formula is C17H19NO4S. The van der Waals surface area contributed by atoms with E-state index in [0.717, 1.165) is 17.4 Å². The fourth-order valence-corrected chi connectivity index (χ4v) is 2.59. The summed E-state index contributed by atoms with van der Waals surface area (Å²) in [6.45, 7) is 2.51. The van der Waals surface area contributed by atoms with E-state index in [1.54, 1.807) is 29.2 Å². The standard InChI is InChI=1S/C17H19NO4S/c1-14(19)18(12-15-6-4-3-5-7-15)13-16-8-10-17(11-9-16)22-23(2,20)21/h3-11H,12-13H2,1-2H3. The van der Waals surface area contributed by atoms with Crippen molar-refractivity contribution in [2.24, 2.45) is 0 Å². The minimum Gasteiger partial charge on any atom is -0.383 e. The van der Waals surface area contributed by atoms with E-state index in [4.69, 9.17) is 4.18 Å². The van der Waals surface area contributed by atoms with E-state index in [2.05, 4.69) is 0 Å². The predicted molar refractivity (Wildman–Crippen MR) is 88.3 cm³/mol. The largest absolute Gasteiger partial charge is 0.383 e. The highest BCUT2D eigenvalue weighted by atomic mass is 32.2. The van der Waals surface area contributed by atoms with Crippen LogP contribution in [0.4, 0.5) is 0 Å². The Morgan fingerprint density at radius 1 is 0.957 bits per heavy atom. The summed E-state index contributed by atoms with van der Waals surface area (Å²) < 4.78 is 27.0. The highest BCUT2D eigenvalue weighted by Gasteiger charge is 2.11. The second-order valence-corrected chi connectivity index (χ2v) is 6.87. The Bertz CT molecular complexity index is 755. The first kappa shape index (κ1) is 17.0. The molecule has 0 heterocycles. The molecule has 0 aromatic heterocycles. The van der Waals surface area contributed by atoms with Crippen molar-refractivity contribution in [3.63, 3.8) is 0 Å². The van der Waals surface area contributed by atoms with Crippen LogP contribution in [0.15, 0.2) is 54.6 Å². The van der Waals surface area contributed by atoms with Gasteiger partial charge in [0.15, 0.2) is 0 Å². The summed E-state index contributed by atoms with van der Waals surface area (Å²) in [6, 6.07) is 16.4. The fourth-order valence-electron chi connectivity index (χ4n) is 2.13. The van der Waals surface area contributed by atoms with Gasteiger partial charge in [-0.05, 0) is 23.3 Å². The normalized spacial score (nSPS) is 11.0. The molecule has 2 aromatic rings. The third-order valence-corrected chi connectivity index (χ3v) is 3.70. The highest BCUT2D eigenvalue weighted by Crippen LogP contribution is 2.16. The van der Waals surface area contributed by atoms with Crippen LogP contribution in [-0.4, -0.2) is 25.5 Å². The van der Waals surface area contributed by atoms with Gasteiger partial charge in [-0.2, -0.15) is 8.42 Å². The van der Waals surface area contributed by atoms with E-state index in [1.807, 2.05) is 30.3 Å². The molecule has 0 radical (unpaired) electrons. The SMILES string of the molecule is CC(=O)N(Cc1ccccc1)Cc1ccc(OS(C)(=O)=O)cc1. The second-order valence-electron chi connectivity index (χ2n) is 5.29. The molecule has 2 rings (SSSR count). The van der Waals surface area contributed by atoms with Gasteiger partial charge in [-0.1, -0.05) is 42.5 Å². The lowest BCUT2D eigenvalue weighted by Crippen LogP contribution is -2.27. The van der Waals surface area contributed by atoms with E-state index < -0.39 is 10.1 Å². The molecule has 0 aliphatic rings. The molecule has 6 heteroatoms. The van der Waals surface area contributed by atoms with Crippen LogP contribution >= 0.6 is 0 Å². The maximum atomic E-state index is 11.8. The van der Waals surface area contributed by atoms with Crippen molar-refractivity contribution in [1.29, 1.82) is 0 Å². The van der Waals surface area contributed by atoms with Crippen molar-refractivity contribution in [1.82, 2.24) is 4.90 Å². The van der Waals surface area contributed by atoms with Gasteiger partial charge in [-0.15, -0.1) is 0 Å². The Labute approximate surface area is 136 Å². The average Bonchev–Trinajstić information content (AvgIpc) is 2.48. The molecule has 5 nitrogen and oxygen atoms in total. The van der Waals surface area contributed by atoms with Crippen molar-refractivity contribution in [2.75, 3.05) is 6.26 Å². The van der Waals surface area contributed by atoms with Crippen LogP contribution in [0.25, 0.3) is 0 Å². The average molecular weight is 333 g/mol. The van der Waals surface area contributed by atoms with E-state index in [-0.39, 0.29) is 11.7 Å². The van der Waals surface area contributed by atoms with Gasteiger partial charge in [-0.25, -0.2) is 0 Å². The molecule has 122 valence electrons. The zero-order valence-electron chi connectivity index (χ0n) is 13.1. The van der Waals surface area contributed by atoms with E-state index in [0.29, 0.717) is 13.1 Å². The molecule has 1 amide bonds. The third-order valence-electron chi connectivity index (χ3n) is 3.21. The lowest BCUT2D eigenvalue weighted by molar-refractivity contribution is -0.130. The van der Waals surface area contributed by atoms with Gasteiger partial charge in [0, 0.05) is 20.0 Å². The zero-order chi connectivity index (χ0) is 16.9. The summed E-state index contributed by atoms with van der Waals surface area (Å²) in [6.07, 6.45) is 0.998.